The molecule has 0 bridgehead atoms. The molecule has 0 saturated carbocycles. The molecule has 3 N–H and O–H groups in total. The average molecular weight is 472 g/mol. The highest BCUT2D eigenvalue weighted by atomic mass is 16.5. The summed E-state index contributed by atoms with van der Waals surface area (Å²) in [4.78, 5) is 33.7. The van der Waals surface area contributed by atoms with E-state index in [1.807, 2.05) is 24.3 Å². The second-order valence-corrected chi connectivity index (χ2v) is 7.56. The fraction of sp³-hybridized carbons (Fsp3) is 0.154. The maximum atomic E-state index is 12.8. The van der Waals surface area contributed by atoms with E-state index in [-0.39, 0.29) is 11.8 Å². The van der Waals surface area contributed by atoms with Gasteiger partial charge in [-0.05, 0) is 42.5 Å². The topological polar surface area (TPSA) is 114 Å². The van der Waals surface area contributed by atoms with Crippen LogP contribution in [0.5, 0.6) is 11.5 Å². The fourth-order valence-corrected chi connectivity index (χ4v) is 3.65. The SMILES string of the molecule is CNC(=O)c1ccc(C(=O)Nc2cccc(-c3nc(NC)nc4cc(OC)c(OC)cc34)c2)cc1. The van der Waals surface area contributed by atoms with Crippen LogP contribution in [0, 0.1) is 0 Å². The molecule has 0 aliphatic heterocycles. The number of rotatable bonds is 7. The van der Waals surface area contributed by atoms with Gasteiger partial charge in [0.25, 0.3) is 11.8 Å². The molecule has 178 valence electrons. The summed E-state index contributed by atoms with van der Waals surface area (Å²) in [6.45, 7) is 0. The number of hydrogen-bond acceptors (Lipinski definition) is 7. The number of anilines is 2. The van der Waals surface area contributed by atoms with E-state index in [0.717, 1.165) is 10.9 Å². The molecule has 0 radical (unpaired) electrons. The van der Waals surface area contributed by atoms with E-state index in [0.29, 0.717) is 45.5 Å². The number of nitrogens with zero attached hydrogens (tertiary/aromatic N) is 2. The molecule has 1 heterocycles. The van der Waals surface area contributed by atoms with Crippen LogP contribution in [0.4, 0.5) is 11.6 Å². The third kappa shape index (κ3) is 4.84. The first-order chi connectivity index (χ1) is 17.0. The number of aromatic nitrogens is 2. The summed E-state index contributed by atoms with van der Waals surface area (Å²) in [5, 5.41) is 9.22. The van der Waals surface area contributed by atoms with Crippen molar-refractivity contribution in [2.24, 2.45) is 0 Å². The predicted molar refractivity (Wildman–Crippen MR) is 135 cm³/mol. The summed E-state index contributed by atoms with van der Waals surface area (Å²) in [6.07, 6.45) is 0. The lowest BCUT2D eigenvalue weighted by Gasteiger charge is -2.13. The summed E-state index contributed by atoms with van der Waals surface area (Å²) >= 11 is 0. The van der Waals surface area contributed by atoms with Crippen molar-refractivity contribution in [2.45, 2.75) is 0 Å². The van der Waals surface area contributed by atoms with Gasteiger partial charge in [0.15, 0.2) is 11.5 Å². The lowest BCUT2D eigenvalue weighted by atomic mass is 10.0. The average Bonchev–Trinajstić information content (AvgIpc) is 2.91. The Balaban J connectivity index is 1.69. The van der Waals surface area contributed by atoms with Crippen LogP contribution >= 0.6 is 0 Å². The van der Waals surface area contributed by atoms with Crippen LogP contribution in [0.2, 0.25) is 0 Å². The summed E-state index contributed by atoms with van der Waals surface area (Å²) in [5.41, 5.74) is 3.66. The van der Waals surface area contributed by atoms with E-state index in [1.165, 1.54) is 0 Å². The van der Waals surface area contributed by atoms with Crippen LogP contribution in [-0.4, -0.2) is 50.1 Å². The first kappa shape index (κ1) is 23.5. The number of carbonyl (C=O) groups excluding carboxylic acids is 2. The smallest absolute Gasteiger partial charge is 0.255 e. The van der Waals surface area contributed by atoms with Crippen LogP contribution in [0.3, 0.4) is 0 Å². The minimum absolute atomic E-state index is 0.211. The van der Waals surface area contributed by atoms with Gasteiger partial charge in [-0.3, -0.25) is 9.59 Å². The highest BCUT2D eigenvalue weighted by Gasteiger charge is 2.15. The second kappa shape index (κ2) is 10.1. The van der Waals surface area contributed by atoms with Crippen molar-refractivity contribution in [3.05, 3.63) is 71.8 Å². The molecule has 1 aromatic heterocycles. The molecule has 0 saturated heterocycles. The third-order valence-corrected chi connectivity index (χ3v) is 5.45. The van der Waals surface area contributed by atoms with E-state index in [1.54, 1.807) is 64.7 Å². The summed E-state index contributed by atoms with van der Waals surface area (Å²) in [7, 11) is 6.45. The first-order valence-electron chi connectivity index (χ1n) is 10.8. The Morgan fingerprint density at radius 1 is 0.800 bits per heavy atom. The van der Waals surface area contributed by atoms with Crippen LogP contribution in [0.15, 0.2) is 60.7 Å². The third-order valence-electron chi connectivity index (χ3n) is 5.45. The molecule has 0 fully saturated rings. The quantitative estimate of drug-likeness (QED) is 0.374. The van der Waals surface area contributed by atoms with Gasteiger partial charge in [-0.1, -0.05) is 12.1 Å². The Hall–Kier alpha value is -4.66. The molecular weight excluding hydrogens is 446 g/mol. The molecule has 9 heteroatoms. The molecule has 3 aromatic carbocycles. The Kier molecular flexibility index (Phi) is 6.77. The normalized spacial score (nSPS) is 10.5. The summed E-state index contributed by atoms with van der Waals surface area (Å²) in [6, 6.07) is 17.5. The second-order valence-electron chi connectivity index (χ2n) is 7.56. The largest absolute Gasteiger partial charge is 0.493 e. The Labute approximate surface area is 202 Å². The highest BCUT2D eigenvalue weighted by Crippen LogP contribution is 2.36. The van der Waals surface area contributed by atoms with Gasteiger partial charge in [0, 0.05) is 47.9 Å². The van der Waals surface area contributed by atoms with Crippen LogP contribution in [0.1, 0.15) is 20.7 Å². The van der Waals surface area contributed by atoms with Gasteiger partial charge >= 0.3 is 0 Å². The van der Waals surface area contributed by atoms with Crippen LogP contribution in [0.25, 0.3) is 22.2 Å². The fourth-order valence-electron chi connectivity index (χ4n) is 3.65. The lowest BCUT2D eigenvalue weighted by Crippen LogP contribution is -2.18. The predicted octanol–water partition coefficient (Wildman–Crippen LogP) is 3.97. The lowest BCUT2D eigenvalue weighted by molar-refractivity contribution is 0.0961. The van der Waals surface area contributed by atoms with E-state index >= 15 is 0 Å². The number of methoxy groups -OCH3 is 2. The van der Waals surface area contributed by atoms with Gasteiger partial charge in [-0.25, -0.2) is 9.97 Å². The zero-order valence-corrected chi connectivity index (χ0v) is 19.8. The zero-order chi connectivity index (χ0) is 24.9. The molecular formula is C26H25N5O4. The molecule has 9 nitrogen and oxygen atoms in total. The zero-order valence-electron chi connectivity index (χ0n) is 19.8. The van der Waals surface area contributed by atoms with Crippen molar-refractivity contribution < 1.29 is 19.1 Å². The van der Waals surface area contributed by atoms with Gasteiger partial charge in [-0.2, -0.15) is 0 Å². The Bertz CT molecular complexity index is 1400. The van der Waals surface area contributed by atoms with Crippen molar-refractivity contribution in [1.82, 2.24) is 15.3 Å². The molecule has 0 unspecified atom stereocenters. The maximum absolute atomic E-state index is 12.8. The van der Waals surface area contributed by atoms with Crippen molar-refractivity contribution in [1.29, 1.82) is 0 Å². The molecule has 0 aliphatic rings. The standard InChI is InChI=1S/C26H25N5O4/c1-27-24(32)15-8-10-16(11-9-15)25(33)29-18-7-5-6-17(12-18)23-19-13-21(34-3)22(35-4)14-20(19)30-26(28-2)31-23/h5-14H,1-4H3,(H,27,32)(H,29,33)(H,28,30,31). The molecule has 4 rings (SSSR count). The first-order valence-corrected chi connectivity index (χ1v) is 10.8. The van der Waals surface area contributed by atoms with E-state index in [9.17, 15) is 9.59 Å². The van der Waals surface area contributed by atoms with Gasteiger partial charge in [-0.15, -0.1) is 0 Å². The molecule has 4 aromatic rings. The molecule has 0 atom stereocenters. The number of ether oxygens (including phenoxy) is 2. The number of fused-ring (bicyclic) bond motifs is 1. The maximum Gasteiger partial charge on any atom is 0.255 e. The number of benzene rings is 3. The molecule has 35 heavy (non-hydrogen) atoms. The van der Waals surface area contributed by atoms with Gasteiger partial charge in [0.05, 0.1) is 25.4 Å². The van der Waals surface area contributed by atoms with Crippen molar-refractivity contribution in [2.75, 3.05) is 38.9 Å². The minimum atomic E-state index is -0.291. The molecule has 0 aliphatic carbocycles. The van der Waals surface area contributed by atoms with Crippen LogP contribution in [-0.2, 0) is 0 Å². The van der Waals surface area contributed by atoms with Gasteiger partial charge < -0.3 is 25.4 Å². The van der Waals surface area contributed by atoms with Crippen molar-refractivity contribution >= 4 is 34.4 Å². The number of carbonyl (C=O) groups is 2. The van der Waals surface area contributed by atoms with Crippen molar-refractivity contribution in [3.8, 4) is 22.8 Å². The van der Waals surface area contributed by atoms with Gasteiger partial charge in [0.1, 0.15) is 0 Å². The van der Waals surface area contributed by atoms with Gasteiger partial charge in [0.2, 0.25) is 5.95 Å². The molecule has 2 amide bonds. The van der Waals surface area contributed by atoms with Crippen LogP contribution < -0.4 is 25.4 Å². The summed E-state index contributed by atoms with van der Waals surface area (Å²) in [5.74, 6) is 1.07. The Morgan fingerprint density at radius 2 is 1.46 bits per heavy atom. The van der Waals surface area contributed by atoms with E-state index in [2.05, 4.69) is 25.9 Å². The number of amides is 2. The molecule has 0 spiro atoms. The highest BCUT2D eigenvalue weighted by molar-refractivity contribution is 6.05. The van der Waals surface area contributed by atoms with E-state index < -0.39 is 0 Å². The minimum Gasteiger partial charge on any atom is -0.493 e. The number of hydrogen-bond donors (Lipinski definition) is 3. The van der Waals surface area contributed by atoms with E-state index in [4.69, 9.17) is 9.47 Å². The monoisotopic (exact) mass is 471 g/mol. The number of nitrogens with one attached hydrogen (secondary N) is 3. The van der Waals surface area contributed by atoms with Crippen molar-refractivity contribution in [3.63, 3.8) is 0 Å². The summed E-state index contributed by atoms with van der Waals surface area (Å²) < 4.78 is 10.9. The Morgan fingerprint density at radius 3 is 2.09 bits per heavy atom.